The molecule has 1 heterocycles. The molecule has 5 nitrogen and oxygen atoms in total. The SMILES string of the molecule is O=S(=O)(/C=C\c1ccccc1)Cc1nnc(-c2ccccc2)o1. The van der Waals surface area contributed by atoms with E-state index in [-0.39, 0.29) is 11.6 Å². The molecule has 0 aliphatic heterocycles. The lowest BCUT2D eigenvalue weighted by molar-refractivity contribution is 0.520. The Hall–Kier alpha value is -2.73. The molecule has 3 rings (SSSR count). The first-order valence-electron chi connectivity index (χ1n) is 6.96. The van der Waals surface area contributed by atoms with Crippen molar-refractivity contribution in [1.29, 1.82) is 0 Å². The van der Waals surface area contributed by atoms with Gasteiger partial charge in [-0.2, -0.15) is 0 Å². The van der Waals surface area contributed by atoms with Crippen LogP contribution in [-0.2, 0) is 15.6 Å². The van der Waals surface area contributed by atoms with Gasteiger partial charge in [0.05, 0.1) is 0 Å². The van der Waals surface area contributed by atoms with Gasteiger partial charge in [-0.1, -0.05) is 48.5 Å². The molecule has 1 aromatic heterocycles. The molecule has 3 aromatic rings. The number of aromatic nitrogens is 2. The average molecular weight is 326 g/mol. The third kappa shape index (κ3) is 4.14. The van der Waals surface area contributed by atoms with Gasteiger partial charge in [-0.05, 0) is 23.8 Å². The zero-order chi connectivity index (χ0) is 16.1. The number of nitrogens with zero attached hydrogens (tertiary/aromatic N) is 2. The lowest BCUT2D eigenvalue weighted by Crippen LogP contribution is -2.00. The minimum absolute atomic E-state index is 0.0709. The van der Waals surface area contributed by atoms with Gasteiger partial charge < -0.3 is 4.42 Å². The lowest BCUT2D eigenvalue weighted by Gasteiger charge is -1.95. The van der Waals surface area contributed by atoms with Crippen LogP contribution in [0.5, 0.6) is 0 Å². The fourth-order valence-corrected chi connectivity index (χ4v) is 2.90. The van der Waals surface area contributed by atoms with Crippen molar-refractivity contribution in [2.75, 3.05) is 0 Å². The fraction of sp³-hybridized carbons (Fsp3) is 0.0588. The molecule has 0 spiro atoms. The number of rotatable bonds is 5. The first-order valence-corrected chi connectivity index (χ1v) is 8.68. The predicted octanol–water partition coefficient (Wildman–Crippen LogP) is 3.32. The van der Waals surface area contributed by atoms with E-state index in [4.69, 9.17) is 4.42 Å². The molecule has 0 saturated carbocycles. The van der Waals surface area contributed by atoms with Gasteiger partial charge in [0.1, 0.15) is 5.75 Å². The van der Waals surface area contributed by atoms with E-state index < -0.39 is 9.84 Å². The smallest absolute Gasteiger partial charge is 0.247 e. The Balaban J connectivity index is 1.74. The molecular formula is C17H14N2O3S. The molecule has 0 bridgehead atoms. The predicted molar refractivity (Wildman–Crippen MR) is 87.8 cm³/mol. The molecule has 2 aromatic carbocycles. The molecule has 0 atom stereocenters. The molecular weight excluding hydrogens is 312 g/mol. The average Bonchev–Trinajstić information content (AvgIpc) is 3.03. The molecule has 0 unspecified atom stereocenters. The number of hydrogen-bond acceptors (Lipinski definition) is 5. The molecule has 23 heavy (non-hydrogen) atoms. The van der Waals surface area contributed by atoms with Gasteiger partial charge in [0.25, 0.3) is 0 Å². The highest BCUT2D eigenvalue weighted by Gasteiger charge is 2.15. The zero-order valence-corrected chi connectivity index (χ0v) is 13.0. The second-order valence-corrected chi connectivity index (χ2v) is 6.77. The Kier molecular flexibility index (Phi) is 4.34. The van der Waals surface area contributed by atoms with Crippen LogP contribution in [0.2, 0.25) is 0 Å². The maximum absolute atomic E-state index is 12.1. The van der Waals surface area contributed by atoms with Crippen molar-refractivity contribution in [2.45, 2.75) is 5.75 Å². The van der Waals surface area contributed by atoms with Crippen LogP contribution in [-0.4, -0.2) is 18.6 Å². The zero-order valence-electron chi connectivity index (χ0n) is 12.2. The fourth-order valence-electron chi connectivity index (χ4n) is 1.98. The van der Waals surface area contributed by atoms with Gasteiger partial charge in [-0.25, -0.2) is 8.42 Å². The molecule has 0 aliphatic carbocycles. The summed E-state index contributed by atoms with van der Waals surface area (Å²) < 4.78 is 29.6. The maximum atomic E-state index is 12.1. The van der Waals surface area contributed by atoms with Crippen molar-refractivity contribution in [1.82, 2.24) is 10.2 Å². The summed E-state index contributed by atoms with van der Waals surface area (Å²) in [7, 11) is -3.48. The first kappa shape index (κ1) is 15.2. The van der Waals surface area contributed by atoms with E-state index in [1.165, 1.54) is 0 Å². The second-order valence-electron chi connectivity index (χ2n) is 4.89. The van der Waals surface area contributed by atoms with Crippen molar-refractivity contribution in [3.05, 3.63) is 77.5 Å². The topological polar surface area (TPSA) is 73.1 Å². The summed E-state index contributed by atoms with van der Waals surface area (Å²) in [5.74, 6) is 0.0558. The summed E-state index contributed by atoms with van der Waals surface area (Å²) in [6.45, 7) is 0. The summed E-state index contributed by atoms with van der Waals surface area (Å²) in [5, 5.41) is 8.85. The van der Waals surface area contributed by atoms with Crippen molar-refractivity contribution in [3.8, 4) is 11.5 Å². The Bertz CT molecular complexity index is 901. The van der Waals surface area contributed by atoms with E-state index in [1.807, 2.05) is 60.7 Å². The van der Waals surface area contributed by atoms with Gasteiger partial charge in [-0.15, -0.1) is 10.2 Å². The monoisotopic (exact) mass is 326 g/mol. The van der Waals surface area contributed by atoms with Crippen molar-refractivity contribution in [3.63, 3.8) is 0 Å². The van der Waals surface area contributed by atoms with Crippen molar-refractivity contribution < 1.29 is 12.8 Å². The summed E-state index contributed by atoms with van der Waals surface area (Å²) in [6.07, 6.45) is 1.55. The summed E-state index contributed by atoms with van der Waals surface area (Å²) >= 11 is 0. The Labute approximate surface area is 134 Å². The van der Waals surface area contributed by atoms with E-state index in [0.717, 1.165) is 16.5 Å². The number of hydrogen-bond donors (Lipinski definition) is 0. The molecule has 0 N–H and O–H groups in total. The minimum Gasteiger partial charge on any atom is -0.420 e. The third-order valence-electron chi connectivity index (χ3n) is 3.08. The number of sulfone groups is 1. The summed E-state index contributed by atoms with van der Waals surface area (Å²) in [6, 6.07) is 18.4. The van der Waals surface area contributed by atoms with Crippen LogP contribution in [0, 0.1) is 0 Å². The molecule has 116 valence electrons. The van der Waals surface area contributed by atoms with Crippen molar-refractivity contribution in [2.24, 2.45) is 0 Å². The van der Waals surface area contributed by atoms with E-state index in [2.05, 4.69) is 10.2 Å². The van der Waals surface area contributed by atoms with Crippen LogP contribution in [0.3, 0.4) is 0 Å². The molecule has 6 heteroatoms. The van der Waals surface area contributed by atoms with Gasteiger partial charge in [-0.3, -0.25) is 0 Å². The molecule has 0 radical (unpaired) electrons. The van der Waals surface area contributed by atoms with E-state index in [9.17, 15) is 8.42 Å². The highest BCUT2D eigenvalue weighted by Crippen LogP contribution is 2.18. The first-order chi connectivity index (χ1) is 11.1. The minimum atomic E-state index is -3.48. The third-order valence-corrected chi connectivity index (χ3v) is 4.28. The Morgan fingerprint density at radius 2 is 1.57 bits per heavy atom. The quantitative estimate of drug-likeness (QED) is 0.719. The second kappa shape index (κ2) is 6.58. The molecule has 0 saturated heterocycles. The standard InChI is InChI=1S/C17H14N2O3S/c20-23(21,12-11-14-7-3-1-4-8-14)13-16-18-19-17(22-16)15-9-5-2-6-10-15/h1-12H,13H2/b12-11-. The van der Waals surface area contributed by atoms with Crippen LogP contribution < -0.4 is 0 Å². The largest absolute Gasteiger partial charge is 0.420 e. The Morgan fingerprint density at radius 1 is 0.913 bits per heavy atom. The van der Waals surface area contributed by atoms with E-state index in [0.29, 0.717) is 5.89 Å². The maximum Gasteiger partial charge on any atom is 0.247 e. The molecule has 0 aliphatic rings. The van der Waals surface area contributed by atoms with Gasteiger partial charge in [0.2, 0.25) is 11.8 Å². The number of benzene rings is 2. The lowest BCUT2D eigenvalue weighted by atomic mass is 10.2. The Morgan fingerprint density at radius 3 is 2.26 bits per heavy atom. The van der Waals surface area contributed by atoms with Crippen LogP contribution in [0.15, 0.2) is 70.5 Å². The van der Waals surface area contributed by atoms with Gasteiger partial charge in [0.15, 0.2) is 9.84 Å². The van der Waals surface area contributed by atoms with E-state index >= 15 is 0 Å². The summed E-state index contributed by atoms with van der Waals surface area (Å²) in [4.78, 5) is 0. The summed E-state index contributed by atoms with van der Waals surface area (Å²) in [5.41, 5.74) is 1.56. The molecule has 0 fully saturated rings. The van der Waals surface area contributed by atoms with Crippen LogP contribution in [0.25, 0.3) is 17.5 Å². The van der Waals surface area contributed by atoms with Crippen LogP contribution in [0.4, 0.5) is 0 Å². The van der Waals surface area contributed by atoms with E-state index in [1.54, 1.807) is 6.08 Å². The van der Waals surface area contributed by atoms with Gasteiger partial charge in [0, 0.05) is 11.0 Å². The van der Waals surface area contributed by atoms with Gasteiger partial charge >= 0.3 is 0 Å². The van der Waals surface area contributed by atoms with Crippen LogP contribution in [0.1, 0.15) is 11.5 Å². The highest BCUT2D eigenvalue weighted by atomic mass is 32.2. The van der Waals surface area contributed by atoms with Crippen molar-refractivity contribution >= 4 is 15.9 Å². The highest BCUT2D eigenvalue weighted by molar-refractivity contribution is 7.93. The normalized spacial score (nSPS) is 11.8. The van der Waals surface area contributed by atoms with Crippen LogP contribution >= 0.6 is 0 Å². The molecule has 0 amide bonds.